The molecule has 8 heteroatoms. The Morgan fingerprint density at radius 2 is 1.19 bits per heavy atom. The maximum atomic E-state index is 12.3. The smallest absolute Gasteiger partial charge is 0.258 e. The number of para-hydroxylation sites is 1. The third kappa shape index (κ3) is 9.62. The van der Waals surface area contributed by atoms with Crippen LogP contribution in [0.5, 0.6) is 0 Å². The van der Waals surface area contributed by atoms with Gasteiger partial charge in [0.1, 0.15) is 4.90 Å². The molecule has 5 nitrogen and oxygen atoms in total. The van der Waals surface area contributed by atoms with Gasteiger partial charge in [-0.15, -0.1) is 0 Å². The van der Waals surface area contributed by atoms with Crippen LogP contribution in [-0.4, -0.2) is 24.8 Å². The monoisotopic (exact) mass is 483 g/mol. The van der Waals surface area contributed by atoms with Crippen LogP contribution in [0.1, 0.15) is 57.8 Å². The van der Waals surface area contributed by atoms with E-state index >= 15 is 0 Å². The standard InChI is InChI=1S/C23H30ClNO4S2/c24-20-14-16-21(17-15-20)30(28)18-10-6-4-2-1-3-5-7-11-19-31(29)23-13-9-8-12-22(23)25(26)27/h8-9,12-17H,1-7,10-11,18-19H2. The van der Waals surface area contributed by atoms with Crippen LogP contribution >= 0.6 is 11.6 Å². The van der Waals surface area contributed by atoms with Gasteiger partial charge in [0.25, 0.3) is 5.69 Å². The van der Waals surface area contributed by atoms with Gasteiger partial charge in [-0.1, -0.05) is 68.7 Å². The van der Waals surface area contributed by atoms with Crippen LogP contribution < -0.4 is 0 Å². The van der Waals surface area contributed by atoms with Crippen molar-refractivity contribution in [3.8, 4) is 0 Å². The molecule has 0 bridgehead atoms. The lowest BCUT2D eigenvalue weighted by Gasteiger charge is -2.05. The molecule has 0 heterocycles. The number of nitro benzene ring substituents is 1. The Morgan fingerprint density at radius 1 is 0.710 bits per heavy atom. The summed E-state index contributed by atoms with van der Waals surface area (Å²) < 4.78 is 24.5. The minimum atomic E-state index is -1.32. The summed E-state index contributed by atoms with van der Waals surface area (Å²) in [5, 5.41) is 11.7. The molecule has 0 spiro atoms. The van der Waals surface area contributed by atoms with Crippen molar-refractivity contribution in [3.05, 3.63) is 63.7 Å². The molecule has 0 aromatic heterocycles. The van der Waals surface area contributed by atoms with Gasteiger partial charge in [0.2, 0.25) is 0 Å². The largest absolute Gasteiger partial charge is 0.285 e. The molecule has 0 aliphatic carbocycles. The first kappa shape index (κ1) is 25.7. The highest BCUT2D eigenvalue weighted by Gasteiger charge is 2.17. The fourth-order valence-electron chi connectivity index (χ4n) is 3.32. The van der Waals surface area contributed by atoms with Crippen molar-refractivity contribution in [2.45, 2.75) is 67.6 Å². The number of rotatable bonds is 15. The predicted molar refractivity (Wildman–Crippen MR) is 129 cm³/mol. The Morgan fingerprint density at radius 3 is 1.74 bits per heavy atom. The van der Waals surface area contributed by atoms with Gasteiger partial charge < -0.3 is 0 Å². The lowest BCUT2D eigenvalue weighted by molar-refractivity contribution is -0.387. The van der Waals surface area contributed by atoms with Crippen LogP contribution in [0, 0.1) is 10.1 Å². The molecule has 0 radical (unpaired) electrons. The van der Waals surface area contributed by atoms with E-state index in [-0.39, 0.29) is 5.69 Å². The zero-order chi connectivity index (χ0) is 22.5. The molecule has 0 amide bonds. The van der Waals surface area contributed by atoms with Crippen molar-refractivity contribution >= 4 is 38.9 Å². The van der Waals surface area contributed by atoms with Gasteiger partial charge >= 0.3 is 0 Å². The number of hydrogen-bond donors (Lipinski definition) is 0. The van der Waals surface area contributed by atoms with Crippen LogP contribution in [0.2, 0.25) is 5.02 Å². The van der Waals surface area contributed by atoms with Crippen molar-refractivity contribution in [2.75, 3.05) is 11.5 Å². The van der Waals surface area contributed by atoms with Gasteiger partial charge in [0.05, 0.1) is 26.5 Å². The van der Waals surface area contributed by atoms with E-state index in [2.05, 4.69) is 0 Å². The molecule has 2 aromatic rings. The topological polar surface area (TPSA) is 77.3 Å². The van der Waals surface area contributed by atoms with Crippen LogP contribution in [0.15, 0.2) is 58.3 Å². The van der Waals surface area contributed by atoms with Gasteiger partial charge in [-0.05, 0) is 43.2 Å². The second-order valence-corrected chi connectivity index (χ2v) is 11.0. The zero-order valence-corrected chi connectivity index (χ0v) is 20.1. The lowest BCUT2D eigenvalue weighted by atomic mass is 10.1. The maximum Gasteiger partial charge on any atom is 0.285 e. The van der Waals surface area contributed by atoms with Crippen molar-refractivity contribution in [3.63, 3.8) is 0 Å². The SMILES string of the molecule is O=[N+]([O-])c1ccccc1S(=O)CCCCCCCCCCCS(=O)c1ccc(Cl)cc1. The Kier molecular flexibility index (Phi) is 12.0. The fourth-order valence-corrected chi connectivity index (χ4v) is 5.88. The Labute approximate surface area is 194 Å². The first-order valence-corrected chi connectivity index (χ1v) is 13.8. The second-order valence-electron chi connectivity index (χ2n) is 7.46. The van der Waals surface area contributed by atoms with E-state index in [1.165, 1.54) is 18.9 Å². The van der Waals surface area contributed by atoms with E-state index in [0.29, 0.717) is 21.4 Å². The molecule has 2 atom stereocenters. The first-order chi connectivity index (χ1) is 15.0. The van der Waals surface area contributed by atoms with E-state index < -0.39 is 26.5 Å². The summed E-state index contributed by atoms with van der Waals surface area (Å²) in [6.45, 7) is 0. The number of nitro groups is 1. The third-order valence-electron chi connectivity index (χ3n) is 5.04. The minimum absolute atomic E-state index is 0.0576. The number of benzene rings is 2. The van der Waals surface area contributed by atoms with Crippen molar-refractivity contribution in [1.29, 1.82) is 0 Å². The third-order valence-corrected chi connectivity index (χ3v) is 8.25. The molecule has 0 fully saturated rings. The van der Waals surface area contributed by atoms with Gasteiger partial charge in [-0.2, -0.15) is 0 Å². The van der Waals surface area contributed by atoms with Gasteiger partial charge in [-0.3, -0.25) is 18.5 Å². The van der Waals surface area contributed by atoms with Crippen molar-refractivity contribution < 1.29 is 13.3 Å². The summed E-state index contributed by atoms with van der Waals surface area (Å²) >= 11 is 5.85. The van der Waals surface area contributed by atoms with E-state index in [9.17, 15) is 18.5 Å². The highest BCUT2D eigenvalue weighted by atomic mass is 35.5. The highest BCUT2D eigenvalue weighted by Crippen LogP contribution is 2.22. The maximum absolute atomic E-state index is 12.3. The van der Waals surface area contributed by atoms with Crippen LogP contribution in [0.25, 0.3) is 0 Å². The molecule has 2 rings (SSSR count). The van der Waals surface area contributed by atoms with Crippen molar-refractivity contribution in [1.82, 2.24) is 0 Å². The van der Waals surface area contributed by atoms with Crippen molar-refractivity contribution in [2.24, 2.45) is 0 Å². The summed E-state index contributed by atoms with van der Waals surface area (Å²) in [6.07, 6.45) is 9.61. The Hall–Kier alpha value is -1.57. The first-order valence-electron chi connectivity index (χ1n) is 10.7. The molecule has 0 N–H and O–H groups in total. The number of halogens is 1. The summed E-state index contributed by atoms with van der Waals surface area (Å²) in [5.41, 5.74) is -0.0576. The summed E-state index contributed by atoms with van der Waals surface area (Å²) in [6, 6.07) is 13.5. The molecule has 31 heavy (non-hydrogen) atoms. The molecule has 0 aliphatic heterocycles. The predicted octanol–water partition coefficient (Wildman–Crippen LogP) is 6.67. The quantitative estimate of drug-likeness (QED) is 0.161. The van der Waals surface area contributed by atoms with E-state index in [1.54, 1.807) is 30.3 Å². The average Bonchev–Trinajstić information content (AvgIpc) is 2.77. The minimum Gasteiger partial charge on any atom is -0.258 e. The molecule has 2 unspecified atom stereocenters. The lowest BCUT2D eigenvalue weighted by Crippen LogP contribution is -2.02. The molecule has 2 aromatic carbocycles. The molecular weight excluding hydrogens is 454 g/mol. The van der Waals surface area contributed by atoms with Gasteiger partial charge in [0.15, 0.2) is 0 Å². The fraction of sp³-hybridized carbons (Fsp3) is 0.478. The summed E-state index contributed by atoms with van der Waals surface area (Å²) in [7, 11) is -2.27. The Balaban J connectivity index is 1.47. The molecule has 170 valence electrons. The number of unbranched alkanes of at least 4 members (excludes halogenated alkanes) is 8. The molecular formula is C23H30ClNO4S2. The van der Waals surface area contributed by atoms with Crippen LogP contribution in [-0.2, 0) is 21.6 Å². The molecule has 0 saturated carbocycles. The van der Waals surface area contributed by atoms with Crippen LogP contribution in [0.3, 0.4) is 0 Å². The van der Waals surface area contributed by atoms with E-state index in [1.807, 2.05) is 12.1 Å². The molecule has 0 aliphatic rings. The second kappa shape index (κ2) is 14.5. The summed E-state index contributed by atoms with van der Waals surface area (Å²) in [5.74, 6) is 1.16. The number of hydrogen-bond acceptors (Lipinski definition) is 4. The van der Waals surface area contributed by atoms with E-state index in [4.69, 9.17) is 11.6 Å². The summed E-state index contributed by atoms with van der Waals surface area (Å²) in [4.78, 5) is 11.7. The van der Waals surface area contributed by atoms with Crippen LogP contribution in [0.4, 0.5) is 5.69 Å². The van der Waals surface area contributed by atoms with Gasteiger partial charge in [-0.25, -0.2) is 0 Å². The molecule has 0 saturated heterocycles. The van der Waals surface area contributed by atoms with Gasteiger partial charge in [0, 0.05) is 27.5 Å². The highest BCUT2D eigenvalue weighted by molar-refractivity contribution is 7.85. The van der Waals surface area contributed by atoms with E-state index in [0.717, 1.165) is 49.8 Å². The normalized spacial score (nSPS) is 13.1. The Bertz CT molecular complexity index is 874. The number of nitrogens with zero attached hydrogens (tertiary/aromatic N) is 1. The average molecular weight is 484 g/mol. The zero-order valence-electron chi connectivity index (χ0n) is 17.7.